The standard InChI is InChI=1S/C14H28.C8H17O2P/c1-12(11-14(2,3)4)10-13-8-6-5-7-9-13;1-7(6-11(9)10)5-8(2,3)4/h12-13H,5-11H2,1-4H3;7H,5-6H2,1-4H3/p+1. The Kier molecular flexibility index (Phi) is 11.7. The Morgan fingerprint density at radius 3 is 1.72 bits per heavy atom. The summed E-state index contributed by atoms with van der Waals surface area (Å²) in [4.78, 5) is 8.63. The number of hydrogen-bond acceptors (Lipinski definition) is 1. The molecule has 1 rings (SSSR count). The second-order valence-corrected chi connectivity index (χ2v) is 12.1. The summed E-state index contributed by atoms with van der Waals surface area (Å²) in [7, 11) is -1.94. The molecule has 0 heterocycles. The van der Waals surface area contributed by atoms with Crippen molar-refractivity contribution in [3.63, 3.8) is 0 Å². The summed E-state index contributed by atoms with van der Waals surface area (Å²) < 4.78 is 10.4. The molecule has 0 aromatic heterocycles. The number of hydrogen-bond donors (Lipinski definition) is 1. The third kappa shape index (κ3) is 17.2. The van der Waals surface area contributed by atoms with Gasteiger partial charge in [0.1, 0.15) is 0 Å². The van der Waals surface area contributed by atoms with E-state index in [4.69, 9.17) is 4.89 Å². The Labute approximate surface area is 159 Å². The number of rotatable bonds is 6. The minimum Gasteiger partial charge on any atom is -0.161 e. The normalized spacial score (nSPS) is 19.6. The van der Waals surface area contributed by atoms with Crippen molar-refractivity contribution in [2.45, 2.75) is 107 Å². The lowest BCUT2D eigenvalue weighted by atomic mass is 9.78. The maximum Gasteiger partial charge on any atom is 0.505 e. The molecule has 25 heavy (non-hydrogen) atoms. The van der Waals surface area contributed by atoms with Gasteiger partial charge < -0.3 is 0 Å². The first-order valence-electron chi connectivity index (χ1n) is 10.4. The van der Waals surface area contributed by atoms with Crippen LogP contribution >= 0.6 is 8.03 Å². The summed E-state index contributed by atoms with van der Waals surface area (Å²) in [5.41, 5.74) is 0.791. The molecule has 0 aliphatic heterocycles. The van der Waals surface area contributed by atoms with E-state index in [-0.39, 0.29) is 5.41 Å². The average molecular weight is 374 g/mol. The molecule has 0 aromatic carbocycles. The van der Waals surface area contributed by atoms with Crippen LogP contribution in [0.4, 0.5) is 0 Å². The molecule has 3 unspecified atom stereocenters. The van der Waals surface area contributed by atoms with Crippen molar-refractivity contribution in [1.82, 2.24) is 0 Å². The molecule has 0 bridgehead atoms. The molecule has 2 nitrogen and oxygen atoms in total. The predicted molar refractivity (Wildman–Crippen MR) is 112 cm³/mol. The maximum atomic E-state index is 10.4. The first-order chi connectivity index (χ1) is 11.3. The third-order valence-electron chi connectivity index (χ3n) is 4.85. The van der Waals surface area contributed by atoms with Gasteiger partial charge >= 0.3 is 8.03 Å². The Bertz CT molecular complexity index is 359. The van der Waals surface area contributed by atoms with Crippen LogP contribution in [0.2, 0.25) is 0 Å². The molecular weight excluding hydrogens is 327 g/mol. The molecular formula is C22H46O2P+. The van der Waals surface area contributed by atoms with Crippen LogP contribution < -0.4 is 0 Å². The van der Waals surface area contributed by atoms with Gasteiger partial charge in [-0.1, -0.05) is 87.5 Å². The molecule has 1 N–H and O–H groups in total. The van der Waals surface area contributed by atoms with E-state index in [0.717, 1.165) is 18.3 Å². The Balaban J connectivity index is 0.000000477. The van der Waals surface area contributed by atoms with Crippen molar-refractivity contribution in [2.24, 2.45) is 28.6 Å². The van der Waals surface area contributed by atoms with Crippen LogP contribution in [0.25, 0.3) is 0 Å². The van der Waals surface area contributed by atoms with Gasteiger partial charge in [0.2, 0.25) is 0 Å². The van der Waals surface area contributed by atoms with Crippen LogP contribution in [0.15, 0.2) is 0 Å². The first kappa shape index (κ1) is 25.1. The SMILES string of the molecule is CC(CC1CCCCC1)CC(C)(C)C.CC(C[P+](=O)O)CC(C)(C)C. The van der Waals surface area contributed by atoms with Gasteiger partial charge in [-0.25, -0.2) is 0 Å². The van der Waals surface area contributed by atoms with Crippen molar-refractivity contribution in [1.29, 1.82) is 0 Å². The lowest BCUT2D eigenvalue weighted by molar-refractivity contribution is 0.238. The summed E-state index contributed by atoms with van der Waals surface area (Å²) in [6.07, 6.45) is 11.8. The van der Waals surface area contributed by atoms with Crippen LogP contribution in [-0.2, 0) is 4.57 Å². The molecule has 1 fully saturated rings. The second kappa shape index (κ2) is 11.7. The average Bonchev–Trinajstić information content (AvgIpc) is 2.34. The molecule has 0 spiro atoms. The molecule has 0 saturated heterocycles. The first-order valence-corrected chi connectivity index (χ1v) is 11.8. The van der Waals surface area contributed by atoms with Crippen LogP contribution in [0.3, 0.4) is 0 Å². The van der Waals surface area contributed by atoms with E-state index < -0.39 is 8.03 Å². The quantitative estimate of drug-likeness (QED) is 0.482. The second-order valence-electron chi connectivity index (χ2n) is 11.0. The molecule has 150 valence electrons. The monoisotopic (exact) mass is 373 g/mol. The molecule has 1 aliphatic carbocycles. The molecule has 1 saturated carbocycles. The molecule has 0 aromatic rings. The van der Waals surface area contributed by atoms with E-state index in [0.29, 0.717) is 17.5 Å². The molecule has 1 aliphatic rings. The maximum absolute atomic E-state index is 10.4. The van der Waals surface area contributed by atoms with Gasteiger partial charge in [-0.15, -0.1) is 0 Å². The minimum absolute atomic E-state index is 0.269. The van der Waals surface area contributed by atoms with Gasteiger partial charge in [0.25, 0.3) is 0 Å². The predicted octanol–water partition coefficient (Wildman–Crippen LogP) is 7.82. The van der Waals surface area contributed by atoms with Crippen molar-refractivity contribution in [3.05, 3.63) is 0 Å². The highest BCUT2D eigenvalue weighted by atomic mass is 31.1. The summed E-state index contributed by atoms with van der Waals surface area (Å²) in [6, 6.07) is 0. The highest BCUT2D eigenvalue weighted by Crippen LogP contribution is 2.33. The van der Waals surface area contributed by atoms with Crippen LogP contribution in [0.5, 0.6) is 0 Å². The van der Waals surface area contributed by atoms with Gasteiger partial charge in [-0.05, 0) is 46.5 Å². The zero-order valence-corrected chi connectivity index (χ0v) is 19.3. The highest BCUT2D eigenvalue weighted by Gasteiger charge is 2.22. The third-order valence-corrected chi connectivity index (χ3v) is 5.79. The Morgan fingerprint density at radius 1 is 0.880 bits per heavy atom. The van der Waals surface area contributed by atoms with E-state index >= 15 is 0 Å². The van der Waals surface area contributed by atoms with Gasteiger partial charge in [-0.2, -0.15) is 4.89 Å². The lowest BCUT2D eigenvalue weighted by Crippen LogP contribution is -2.15. The summed E-state index contributed by atoms with van der Waals surface area (Å²) in [5, 5.41) is 0. The van der Waals surface area contributed by atoms with Crippen LogP contribution in [0, 0.1) is 28.6 Å². The van der Waals surface area contributed by atoms with E-state index in [1.165, 1.54) is 44.9 Å². The van der Waals surface area contributed by atoms with E-state index in [2.05, 4.69) is 48.5 Å². The van der Waals surface area contributed by atoms with Gasteiger partial charge in [0, 0.05) is 5.92 Å². The van der Waals surface area contributed by atoms with Gasteiger partial charge in [-0.3, -0.25) is 0 Å². The van der Waals surface area contributed by atoms with E-state index in [1.807, 2.05) is 6.92 Å². The molecule has 0 amide bonds. The molecule has 3 atom stereocenters. The smallest absolute Gasteiger partial charge is 0.161 e. The summed E-state index contributed by atoms with van der Waals surface area (Å²) >= 11 is 0. The Morgan fingerprint density at radius 2 is 1.32 bits per heavy atom. The van der Waals surface area contributed by atoms with Crippen LogP contribution in [-0.4, -0.2) is 11.1 Å². The van der Waals surface area contributed by atoms with Crippen molar-refractivity contribution in [2.75, 3.05) is 6.16 Å². The fraction of sp³-hybridized carbons (Fsp3) is 1.00. The van der Waals surface area contributed by atoms with Gasteiger partial charge in [0.05, 0.1) is 0 Å². The zero-order valence-electron chi connectivity index (χ0n) is 18.4. The molecule has 0 radical (unpaired) electrons. The van der Waals surface area contributed by atoms with E-state index in [9.17, 15) is 4.57 Å². The highest BCUT2D eigenvalue weighted by molar-refractivity contribution is 7.37. The summed E-state index contributed by atoms with van der Waals surface area (Å²) in [5.74, 6) is 2.34. The topological polar surface area (TPSA) is 37.3 Å². The van der Waals surface area contributed by atoms with E-state index in [1.54, 1.807) is 0 Å². The Hall–Kier alpha value is 0.0600. The molecule has 3 heteroatoms. The lowest BCUT2D eigenvalue weighted by Gasteiger charge is -2.28. The zero-order chi connectivity index (χ0) is 19.7. The van der Waals surface area contributed by atoms with Crippen molar-refractivity contribution >= 4 is 8.03 Å². The van der Waals surface area contributed by atoms with Crippen LogP contribution in [0.1, 0.15) is 107 Å². The fourth-order valence-electron chi connectivity index (χ4n) is 4.50. The minimum atomic E-state index is -1.94. The fourth-order valence-corrected chi connectivity index (χ4v) is 5.16. The largest absolute Gasteiger partial charge is 0.505 e. The van der Waals surface area contributed by atoms with Gasteiger partial charge in [0.15, 0.2) is 6.16 Å². The summed E-state index contributed by atoms with van der Waals surface area (Å²) in [6.45, 7) is 18.0. The van der Waals surface area contributed by atoms with Crippen molar-refractivity contribution < 1.29 is 9.46 Å². The van der Waals surface area contributed by atoms with Crippen molar-refractivity contribution in [3.8, 4) is 0 Å².